The number of aromatic nitrogens is 8. The van der Waals surface area contributed by atoms with Gasteiger partial charge in [-0.05, 0) is 28.5 Å². The van der Waals surface area contributed by atoms with Gasteiger partial charge in [-0.1, -0.05) is 28.6 Å². The quantitative estimate of drug-likeness (QED) is 0.194. The second-order valence-electron chi connectivity index (χ2n) is 6.18. The summed E-state index contributed by atoms with van der Waals surface area (Å²) < 4.78 is 7.58. The number of anilines is 1. The maximum absolute atomic E-state index is 12.7. The molecule has 3 aromatic heterocycles. The summed E-state index contributed by atoms with van der Waals surface area (Å²) in [5.74, 6) is -0.433. The van der Waals surface area contributed by atoms with Gasteiger partial charge in [0.15, 0.2) is 10.9 Å². The molecular formula is C16H14ClN11O3S. The number of thioether (sulfide) groups is 1. The fraction of sp³-hybridized carbons (Fsp3) is 0.125. The molecule has 0 unspecified atom stereocenters. The Balaban J connectivity index is 1.59. The molecule has 0 atom stereocenters. The van der Waals surface area contributed by atoms with Gasteiger partial charge in [-0.15, -0.1) is 15.3 Å². The number of aryl methyl sites for hydroxylation is 1. The van der Waals surface area contributed by atoms with Gasteiger partial charge in [0.2, 0.25) is 11.6 Å². The fourth-order valence-electron chi connectivity index (χ4n) is 2.49. The highest BCUT2D eigenvalue weighted by molar-refractivity contribution is 7.98. The monoisotopic (exact) mass is 475 g/mol. The zero-order chi connectivity index (χ0) is 22.7. The van der Waals surface area contributed by atoms with Gasteiger partial charge >= 0.3 is 0 Å². The van der Waals surface area contributed by atoms with E-state index in [0.717, 1.165) is 0 Å². The van der Waals surface area contributed by atoms with Gasteiger partial charge in [0.25, 0.3) is 5.91 Å². The second-order valence-corrected chi connectivity index (χ2v) is 7.56. The third kappa shape index (κ3) is 4.37. The molecule has 164 valence electrons. The number of aromatic hydroxyl groups is 1. The highest BCUT2D eigenvalue weighted by Crippen LogP contribution is 2.24. The topological polar surface area (TPSA) is 188 Å². The Labute approximate surface area is 188 Å². The molecule has 0 fully saturated rings. The molecule has 0 spiro atoms. The molecule has 1 aromatic carbocycles. The summed E-state index contributed by atoms with van der Waals surface area (Å²) in [5, 5.41) is 37.6. The molecular weight excluding hydrogens is 462 g/mol. The maximum Gasteiger partial charge on any atom is 0.293 e. The van der Waals surface area contributed by atoms with E-state index in [1.54, 1.807) is 17.9 Å². The van der Waals surface area contributed by atoms with E-state index in [2.05, 4.69) is 46.0 Å². The third-order valence-electron chi connectivity index (χ3n) is 4.04. The molecule has 0 saturated carbocycles. The van der Waals surface area contributed by atoms with Crippen LogP contribution in [0.25, 0.3) is 5.82 Å². The van der Waals surface area contributed by atoms with Crippen molar-refractivity contribution in [1.82, 2.24) is 45.5 Å². The lowest BCUT2D eigenvalue weighted by Gasteiger charge is -2.05. The largest absolute Gasteiger partial charge is 0.507 e. The second kappa shape index (κ2) is 9.03. The van der Waals surface area contributed by atoms with Crippen molar-refractivity contribution < 1.29 is 14.5 Å². The van der Waals surface area contributed by atoms with Gasteiger partial charge < -0.3 is 15.4 Å². The average Bonchev–Trinajstić information content (AvgIpc) is 3.48. The maximum atomic E-state index is 12.7. The molecule has 0 bridgehead atoms. The predicted octanol–water partition coefficient (Wildman–Crippen LogP) is 0.776. The lowest BCUT2D eigenvalue weighted by atomic mass is 10.2. The SMILES string of the molecule is Cn1cnnc1SCc1c(C(=O)NN=Cc2cc(Cl)ccc2O)nnn1-c1nonc1N. The van der Waals surface area contributed by atoms with Crippen molar-refractivity contribution in [2.45, 2.75) is 10.9 Å². The number of nitrogens with one attached hydrogen (secondary N) is 1. The zero-order valence-electron chi connectivity index (χ0n) is 16.2. The van der Waals surface area contributed by atoms with Gasteiger partial charge in [0.05, 0.1) is 11.9 Å². The standard InChI is InChI=1S/C16H14ClN11O3S/c1-27-7-20-23-16(27)32-6-10-12(21-26-28(10)14-13(18)24-31-25-14)15(30)22-19-5-8-4-9(17)2-3-11(8)29/h2-5,7,29H,6H2,1H3,(H2,18,24)(H,22,30). The van der Waals surface area contributed by atoms with E-state index < -0.39 is 5.91 Å². The van der Waals surface area contributed by atoms with E-state index >= 15 is 0 Å². The number of carbonyl (C=O) groups is 1. The number of nitrogens with two attached hydrogens (primary N) is 1. The molecule has 32 heavy (non-hydrogen) atoms. The minimum atomic E-state index is -0.655. The first-order valence-electron chi connectivity index (χ1n) is 8.75. The van der Waals surface area contributed by atoms with Gasteiger partial charge in [-0.3, -0.25) is 4.79 Å². The lowest BCUT2D eigenvalue weighted by Crippen LogP contribution is -2.20. The van der Waals surface area contributed by atoms with Crippen LogP contribution in [-0.2, 0) is 12.8 Å². The van der Waals surface area contributed by atoms with Crippen LogP contribution in [0.1, 0.15) is 21.7 Å². The van der Waals surface area contributed by atoms with Crippen molar-refractivity contribution in [1.29, 1.82) is 0 Å². The predicted molar refractivity (Wildman–Crippen MR) is 112 cm³/mol. The van der Waals surface area contributed by atoms with Crippen molar-refractivity contribution >= 4 is 41.3 Å². The van der Waals surface area contributed by atoms with E-state index in [-0.39, 0.29) is 28.8 Å². The first-order chi connectivity index (χ1) is 15.4. The molecule has 14 nitrogen and oxygen atoms in total. The summed E-state index contributed by atoms with van der Waals surface area (Å²) in [4.78, 5) is 12.7. The minimum Gasteiger partial charge on any atom is -0.507 e. The van der Waals surface area contributed by atoms with E-state index in [1.165, 1.54) is 40.9 Å². The first kappa shape index (κ1) is 21.3. The number of hydrogen-bond donors (Lipinski definition) is 3. The number of hydrogen-bond acceptors (Lipinski definition) is 12. The molecule has 0 saturated heterocycles. The Morgan fingerprint density at radius 2 is 2.25 bits per heavy atom. The molecule has 4 aromatic rings. The van der Waals surface area contributed by atoms with Crippen molar-refractivity contribution in [2.24, 2.45) is 12.1 Å². The molecule has 16 heteroatoms. The summed E-state index contributed by atoms with van der Waals surface area (Å²) in [5.41, 5.74) is 8.74. The number of rotatable bonds is 7. The lowest BCUT2D eigenvalue weighted by molar-refractivity contribution is 0.0949. The molecule has 0 radical (unpaired) electrons. The molecule has 4 N–H and O–H groups in total. The number of phenols is 1. The molecule has 0 aliphatic rings. The summed E-state index contributed by atoms with van der Waals surface area (Å²) in [7, 11) is 1.78. The Morgan fingerprint density at radius 1 is 1.41 bits per heavy atom. The van der Waals surface area contributed by atoms with Crippen LogP contribution in [0.15, 0.2) is 39.4 Å². The van der Waals surface area contributed by atoms with Crippen LogP contribution in [0.3, 0.4) is 0 Å². The van der Waals surface area contributed by atoms with E-state index in [4.69, 9.17) is 17.3 Å². The molecule has 3 heterocycles. The van der Waals surface area contributed by atoms with Crippen molar-refractivity contribution in [2.75, 3.05) is 5.73 Å². The number of amides is 1. The highest BCUT2D eigenvalue weighted by atomic mass is 35.5. The zero-order valence-corrected chi connectivity index (χ0v) is 17.8. The van der Waals surface area contributed by atoms with Crippen LogP contribution in [0, 0.1) is 0 Å². The summed E-state index contributed by atoms with van der Waals surface area (Å²) in [6.07, 6.45) is 2.79. The van der Waals surface area contributed by atoms with Gasteiger partial charge in [0, 0.05) is 23.4 Å². The average molecular weight is 476 g/mol. The minimum absolute atomic E-state index is 0.0266. The molecule has 0 aliphatic heterocycles. The number of benzene rings is 1. The smallest absolute Gasteiger partial charge is 0.293 e. The fourth-order valence-corrected chi connectivity index (χ4v) is 3.55. The summed E-state index contributed by atoms with van der Waals surface area (Å²) in [6, 6.07) is 4.43. The van der Waals surface area contributed by atoms with Gasteiger partial charge in [-0.25, -0.2) is 10.1 Å². The number of halogens is 1. The van der Waals surface area contributed by atoms with Crippen molar-refractivity contribution in [3.63, 3.8) is 0 Å². The van der Waals surface area contributed by atoms with Crippen LogP contribution in [0.5, 0.6) is 5.75 Å². The number of hydrazone groups is 1. The number of nitrogen functional groups attached to an aromatic ring is 1. The summed E-state index contributed by atoms with van der Waals surface area (Å²) in [6.45, 7) is 0. The van der Waals surface area contributed by atoms with Crippen LogP contribution in [-0.4, -0.2) is 57.3 Å². The Kier molecular flexibility index (Phi) is 6.00. The normalized spacial score (nSPS) is 11.3. The van der Waals surface area contributed by atoms with Crippen LogP contribution in [0.2, 0.25) is 5.02 Å². The number of phenolic OH excluding ortho intramolecular Hbond substituents is 1. The number of nitrogens with zero attached hydrogens (tertiary/aromatic N) is 9. The van der Waals surface area contributed by atoms with E-state index in [9.17, 15) is 9.90 Å². The van der Waals surface area contributed by atoms with Gasteiger partial charge in [-0.2, -0.15) is 9.78 Å². The molecule has 4 rings (SSSR count). The van der Waals surface area contributed by atoms with Gasteiger partial charge in [0.1, 0.15) is 12.1 Å². The van der Waals surface area contributed by atoms with Crippen molar-refractivity contribution in [3.05, 3.63) is 46.5 Å². The molecule has 0 aliphatic carbocycles. The first-order valence-corrected chi connectivity index (χ1v) is 10.1. The van der Waals surface area contributed by atoms with Crippen LogP contribution in [0.4, 0.5) is 5.82 Å². The van der Waals surface area contributed by atoms with E-state index in [0.29, 0.717) is 21.4 Å². The Bertz CT molecular complexity index is 1300. The molecule has 1 amide bonds. The Morgan fingerprint density at radius 3 is 2.97 bits per heavy atom. The third-order valence-corrected chi connectivity index (χ3v) is 5.32. The van der Waals surface area contributed by atoms with E-state index in [1.807, 2.05) is 0 Å². The highest BCUT2D eigenvalue weighted by Gasteiger charge is 2.24. The Hall–Kier alpha value is -3.98. The number of carbonyl (C=O) groups excluding carboxylic acids is 1. The van der Waals surface area contributed by atoms with Crippen LogP contribution < -0.4 is 11.2 Å². The summed E-state index contributed by atoms with van der Waals surface area (Å²) >= 11 is 7.19. The van der Waals surface area contributed by atoms with Crippen LogP contribution >= 0.6 is 23.4 Å². The van der Waals surface area contributed by atoms with Crippen molar-refractivity contribution in [3.8, 4) is 11.6 Å².